The maximum atomic E-state index is 12.0. The molecule has 0 spiro atoms. The lowest BCUT2D eigenvalue weighted by Crippen LogP contribution is -2.14. The first-order chi connectivity index (χ1) is 6.09. The molecule has 0 unspecified atom stereocenters. The van der Waals surface area contributed by atoms with Crippen molar-refractivity contribution in [2.75, 3.05) is 0 Å². The summed E-state index contributed by atoms with van der Waals surface area (Å²) < 4.78 is 24.7. The lowest BCUT2D eigenvalue weighted by Gasteiger charge is -2.10. The number of hydrogen-bond donors (Lipinski definition) is 1. The molecule has 0 amide bonds. The third-order valence-corrected chi connectivity index (χ3v) is 2.02. The summed E-state index contributed by atoms with van der Waals surface area (Å²) in [7, 11) is 0. The summed E-state index contributed by atoms with van der Waals surface area (Å²) in [6.45, 7) is 0. The molecular weight excluding hydrogens is 277 g/mol. The van der Waals surface area contributed by atoms with Gasteiger partial charge in [0.2, 0.25) is 6.43 Å². The third kappa shape index (κ3) is 4.30. The van der Waals surface area contributed by atoms with E-state index in [1.165, 1.54) is 6.20 Å². The third-order valence-electron chi connectivity index (χ3n) is 1.59. The van der Waals surface area contributed by atoms with E-state index in [0.717, 1.165) is 4.47 Å². The molecule has 0 aromatic carbocycles. The van der Waals surface area contributed by atoms with Gasteiger partial charge in [0.1, 0.15) is 0 Å². The molecule has 1 heterocycles. The van der Waals surface area contributed by atoms with Gasteiger partial charge in [-0.25, -0.2) is 8.78 Å². The lowest BCUT2D eigenvalue weighted by atomic mass is 10.1. The molecule has 1 aromatic rings. The predicted octanol–water partition coefficient (Wildman–Crippen LogP) is 2.92. The maximum absolute atomic E-state index is 12.0. The Balaban J connectivity index is 0.00000169. The minimum atomic E-state index is -2.38. The zero-order valence-electron chi connectivity index (χ0n) is 7.16. The largest absolute Gasteiger partial charge is 0.324 e. The number of halogens is 4. The Labute approximate surface area is 95.4 Å². The first-order valence-corrected chi connectivity index (χ1v) is 4.53. The minimum Gasteiger partial charge on any atom is -0.324 e. The van der Waals surface area contributed by atoms with E-state index in [4.69, 9.17) is 5.73 Å². The van der Waals surface area contributed by atoms with Gasteiger partial charge in [0.25, 0.3) is 0 Å². The van der Waals surface area contributed by atoms with Crippen LogP contribution >= 0.6 is 28.3 Å². The summed E-state index contributed by atoms with van der Waals surface area (Å²) in [6, 6.07) is 1.05. The lowest BCUT2D eigenvalue weighted by molar-refractivity contribution is 0.128. The number of nitrogens with two attached hydrogens (primary N) is 1. The molecular formula is C8H10BrClF2N2. The predicted molar refractivity (Wildman–Crippen MR) is 56.7 cm³/mol. The molecule has 0 saturated carbocycles. The van der Waals surface area contributed by atoms with Crippen LogP contribution in [0.2, 0.25) is 0 Å². The maximum Gasteiger partial charge on any atom is 0.240 e. The molecule has 0 fully saturated rings. The first-order valence-electron chi connectivity index (χ1n) is 3.74. The van der Waals surface area contributed by atoms with Crippen LogP contribution in [0.25, 0.3) is 0 Å². The van der Waals surface area contributed by atoms with Gasteiger partial charge in [0.05, 0.1) is 0 Å². The fraction of sp³-hybridized carbons (Fsp3) is 0.375. The summed E-state index contributed by atoms with van der Waals surface area (Å²) in [5.41, 5.74) is 6.14. The number of nitrogens with zero attached hydrogens (tertiary/aromatic N) is 1. The quantitative estimate of drug-likeness (QED) is 0.928. The summed E-state index contributed by atoms with van der Waals surface area (Å²) in [5, 5.41) is 0. The summed E-state index contributed by atoms with van der Waals surface area (Å²) in [4.78, 5) is 3.84. The Kier molecular flexibility index (Phi) is 6.15. The van der Waals surface area contributed by atoms with Crippen LogP contribution in [0.5, 0.6) is 0 Å². The highest BCUT2D eigenvalue weighted by Crippen LogP contribution is 2.19. The summed E-state index contributed by atoms with van der Waals surface area (Å²) in [6.07, 6.45) is 0.364. The van der Waals surface area contributed by atoms with E-state index >= 15 is 0 Å². The Morgan fingerprint density at radius 1 is 1.43 bits per heavy atom. The Hall–Kier alpha value is -0.260. The first kappa shape index (κ1) is 13.7. The van der Waals surface area contributed by atoms with Gasteiger partial charge in [0.15, 0.2) is 0 Å². The fourth-order valence-corrected chi connectivity index (χ4v) is 1.34. The molecule has 1 atom stereocenters. The molecule has 0 aliphatic heterocycles. The van der Waals surface area contributed by atoms with Crippen LogP contribution in [0.1, 0.15) is 18.0 Å². The van der Waals surface area contributed by atoms with Crippen LogP contribution in [0.15, 0.2) is 22.9 Å². The Bertz CT molecular complexity index is 286. The van der Waals surface area contributed by atoms with E-state index < -0.39 is 12.5 Å². The van der Waals surface area contributed by atoms with E-state index in [2.05, 4.69) is 20.9 Å². The Morgan fingerprint density at radius 3 is 2.57 bits per heavy atom. The van der Waals surface area contributed by atoms with Crippen LogP contribution in [0.4, 0.5) is 8.78 Å². The standard InChI is InChI=1S/C8H9BrF2N2.ClH/c9-6-1-5(3-13-4-6)7(12)2-8(10)11;/h1,3-4,7-8H,2,12H2;1H/t7-;/m1./s1. The number of pyridine rings is 1. The van der Waals surface area contributed by atoms with Gasteiger partial charge in [-0.15, -0.1) is 12.4 Å². The van der Waals surface area contributed by atoms with Crippen molar-refractivity contribution in [3.05, 3.63) is 28.5 Å². The van der Waals surface area contributed by atoms with Gasteiger partial charge < -0.3 is 5.73 Å². The highest BCUT2D eigenvalue weighted by atomic mass is 79.9. The zero-order valence-corrected chi connectivity index (χ0v) is 9.56. The van der Waals surface area contributed by atoms with Crippen LogP contribution in [-0.4, -0.2) is 11.4 Å². The highest BCUT2D eigenvalue weighted by Gasteiger charge is 2.12. The molecule has 0 radical (unpaired) electrons. The zero-order chi connectivity index (χ0) is 9.84. The van der Waals surface area contributed by atoms with Crippen LogP contribution in [0.3, 0.4) is 0 Å². The fourth-order valence-electron chi connectivity index (χ4n) is 0.959. The van der Waals surface area contributed by atoms with Crippen molar-refractivity contribution in [1.29, 1.82) is 0 Å². The normalized spacial score (nSPS) is 12.4. The van der Waals surface area contributed by atoms with Crippen molar-refractivity contribution in [2.45, 2.75) is 18.9 Å². The minimum absolute atomic E-state index is 0. The van der Waals surface area contributed by atoms with E-state index in [1.807, 2.05) is 0 Å². The second kappa shape index (κ2) is 6.27. The Morgan fingerprint density at radius 2 is 2.07 bits per heavy atom. The van der Waals surface area contributed by atoms with Crippen LogP contribution in [-0.2, 0) is 0 Å². The van der Waals surface area contributed by atoms with E-state index in [9.17, 15) is 8.78 Å². The van der Waals surface area contributed by atoms with Crippen molar-refractivity contribution in [1.82, 2.24) is 4.98 Å². The number of rotatable bonds is 3. The number of aromatic nitrogens is 1. The molecule has 0 aliphatic rings. The topological polar surface area (TPSA) is 38.9 Å². The van der Waals surface area contributed by atoms with E-state index in [1.54, 1.807) is 12.3 Å². The van der Waals surface area contributed by atoms with Gasteiger partial charge in [-0.1, -0.05) is 0 Å². The van der Waals surface area contributed by atoms with Crippen molar-refractivity contribution >= 4 is 28.3 Å². The molecule has 14 heavy (non-hydrogen) atoms. The van der Waals surface area contributed by atoms with Crippen LogP contribution in [0, 0.1) is 0 Å². The molecule has 2 nitrogen and oxygen atoms in total. The van der Waals surface area contributed by atoms with Crippen molar-refractivity contribution in [3.63, 3.8) is 0 Å². The molecule has 2 N–H and O–H groups in total. The molecule has 0 saturated heterocycles. The highest BCUT2D eigenvalue weighted by molar-refractivity contribution is 9.10. The molecule has 0 bridgehead atoms. The van der Waals surface area contributed by atoms with Gasteiger partial charge in [0, 0.05) is 29.3 Å². The van der Waals surface area contributed by atoms with Gasteiger partial charge >= 0.3 is 0 Å². The molecule has 1 rings (SSSR count). The number of alkyl halides is 2. The summed E-state index contributed by atoms with van der Waals surface area (Å²) >= 11 is 3.19. The SMILES string of the molecule is Cl.N[C@H](CC(F)F)c1cncc(Br)c1. The second-order valence-corrected chi connectivity index (χ2v) is 3.59. The molecule has 6 heteroatoms. The van der Waals surface area contributed by atoms with Gasteiger partial charge in [-0.05, 0) is 27.6 Å². The van der Waals surface area contributed by atoms with E-state index in [0.29, 0.717) is 5.56 Å². The van der Waals surface area contributed by atoms with Crippen molar-refractivity contribution < 1.29 is 8.78 Å². The monoisotopic (exact) mass is 286 g/mol. The molecule has 1 aromatic heterocycles. The molecule has 0 aliphatic carbocycles. The average Bonchev–Trinajstić information content (AvgIpc) is 2.03. The second-order valence-electron chi connectivity index (χ2n) is 2.67. The number of hydrogen-bond acceptors (Lipinski definition) is 2. The van der Waals surface area contributed by atoms with E-state index in [-0.39, 0.29) is 18.8 Å². The smallest absolute Gasteiger partial charge is 0.240 e. The molecule has 80 valence electrons. The van der Waals surface area contributed by atoms with Crippen LogP contribution < -0.4 is 5.73 Å². The average molecular weight is 288 g/mol. The van der Waals surface area contributed by atoms with Gasteiger partial charge in [-0.3, -0.25) is 4.98 Å². The summed E-state index contributed by atoms with van der Waals surface area (Å²) in [5.74, 6) is 0. The van der Waals surface area contributed by atoms with Crippen molar-refractivity contribution in [3.8, 4) is 0 Å². The van der Waals surface area contributed by atoms with Gasteiger partial charge in [-0.2, -0.15) is 0 Å². The van der Waals surface area contributed by atoms with Crippen molar-refractivity contribution in [2.24, 2.45) is 5.73 Å².